The lowest BCUT2D eigenvalue weighted by atomic mass is 10.0. The van der Waals surface area contributed by atoms with E-state index in [1.807, 2.05) is 30.3 Å². The summed E-state index contributed by atoms with van der Waals surface area (Å²) in [5, 5.41) is 5.45. The van der Waals surface area contributed by atoms with Crippen LogP contribution in [0.3, 0.4) is 0 Å². The molecule has 1 fully saturated rings. The second kappa shape index (κ2) is 6.74. The summed E-state index contributed by atoms with van der Waals surface area (Å²) in [4.78, 5) is 27.8. The molecule has 1 aromatic carbocycles. The first-order chi connectivity index (χ1) is 10.1. The van der Waals surface area contributed by atoms with Crippen molar-refractivity contribution in [3.8, 4) is 0 Å². The number of aliphatic imine (C=N–C) groups is 1. The lowest BCUT2D eigenvalue weighted by Crippen LogP contribution is -2.62. The fourth-order valence-electron chi connectivity index (χ4n) is 2.20. The summed E-state index contributed by atoms with van der Waals surface area (Å²) in [7, 11) is 0. The summed E-state index contributed by atoms with van der Waals surface area (Å²) in [5.41, 5.74) is 11.4. The second-order valence-electron chi connectivity index (χ2n) is 4.91. The maximum Gasteiger partial charge on any atom is 0.243 e. The minimum absolute atomic E-state index is 0.0282. The number of piperazine rings is 1. The van der Waals surface area contributed by atoms with Crippen LogP contribution in [0.5, 0.6) is 0 Å². The number of guanidine groups is 1. The molecule has 0 aliphatic carbocycles. The quantitative estimate of drug-likeness (QED) is 0.405. The first kappa shape index (κ1) is 14.8. The number of nitrogens with one attached hydrogen (secondary N) is 2. The number of rotatable bonds is 5. The van der Waals surface area contributed by atoms with Crippen LogP contribution in [0.25, 0.3) is 0 Å². The monoisotopic (exact) mass is 289 g/mol. The molecule has 0 radical (unpaired) electrons. The van der Waals surface area contributed by atoms with Gasteiger partial charge in [-0.2, -0.15) is 0 Å². The molecule has 7 nitrogen and oxygen atoms in total. The van der Waals surface area contributed by atoms with Crippen LogP contribution in [0.15, 0.2) is 35.3 Å². The van der Waals surface area contributed by atoms with E-state index in [2.05, 4.69) is 15.6 Å². The van der Waals surface area contributed by atoms with Crippen LogP contribution in [-0.2, 0) is 16.0 Å². The molecule has 21 heavy (non-hydrogen) atoms. The third-order valence-corrected chi connectivity index (χ3v) is 3.26. The van der Waals surface area contributed by atoms with Gasteiger partial charge in [-0.1, -0.05) is 30.3 Å². The zero-order chi connectivity index (χ0) is 15.2. The van der Waals surface area contributed by atoms with E-state index in [9.17, 15) is 9.59 Å². The average molecular weight is 289 g/mol. The normalized spacial score (nSPS) is 21.3. The van der Waals surface area contributed by atoms with Crippen molar-refractivity contribution in [3.63, 3.8) is 0 Å². The van der Waals surface area contributed by atoms with E-state index in [1.165, 1.54) is 0 Å². The minimum atomic E-state index is -0.590. The molecule has 2 rings (SSSR count). The number of nitrogens with zero attached hydrogens (tertiary/aromatic N) is 1. The van der Waals surface area contributed by atoms with Crippen LogP contribution in [-0.4, -0.2) is 36.4 Å². The predicted octanol–water partition coefficient (Wildman–Crippen LogP) is -1.12. The van der Waals surface area contributed by atoms with Gasteiger partial charge in [-0.25, -0.2) is 0 Å². The van der Waals surface area contributed by atoms with Crippen LogP contribution in [0.2, 0.25) is 0 Å². The summed E-state index contributed by atoms with van der Waals surface area (Å²) in [5.74, 6) is -0.422. The van der Waals surface area contributed by atoms with E-state index in [0.717, 1.165) is 5.56 Å². The molecule has 0 aromatic heterocycles. The van der Waals surface area contributed by atoms with Gasteiger partial charge in [0.25, 0.3) is 0 Å². The third kappa shape index (κ3) is 4.20. The van der Waals surface area contributed by atoms with Gasteiger partial charge in [-0.15, -0.1) is 0 Å². The van der Waals surface area contributed by atoms with Gasteiger partial charge in [0.1, 0.15) is 12.1 Å². The van der Waals surface area contributed by atoms with Gasteiger partial charge in [0, 0.05) is 13.0 Å². The molecule has 1 aliphatic rings. The van der Waals surface area contributed by atoms with Crippen molar-refractivity contribution in [1.82, 2.24) is 10.6 Å². The van der Waals surface area contributed by atoms with Crippen molar-refractivity contribution in [3.05, 3.63) is 35.9 Å². The average Bonchev–Trinajstić information content (AvgIpc) is 2.45. The molecule has 1 heterocycles. The molecule has 1 aliphatic heterocycles. The van der Waals surface area contributed by atoms with Gasteiger partial charge < -0.3 is 22.1 Å². The molecule has 0 spiro atoms. The maximum absolute atomic E-state index is 12.0. The highest BCUT2D eigenvalue weighted by Gasteiger charge is 2.33. The Hall–Kier alpha value is -2.57. The summed E-state index contributed by atoms with van der Waals surface area (Å²) in [6.07, 6.45) is 0.840. The SMILES string of the molecule is NC(N)=NCC[C@@H]1NC(=O)[C@H](Cc2ccccc2)NC1=O. The Bertz CT molecular complexity index is 540. The highest BCUT2D eigenvalue weighted by atomic mass is 16.2. The maximum atomic E-state index is 12.0. The first-order valence-corrected chi connectivity index (χ1v) is 6.76. The van der Waals surface area contributed by atoms with Crippen LogP contribution in [0, 0.1) is 0 Å². The number of amides is 2. The predicted molar refractivity (Wildman–Crippen MR) is 79.3 cm³/mol. The van der Waals surface area contributed by atoms with Crippen molar-refractivity contribution in [2.75, 3.05) is 6.54 Å². The zero-order valence-electron chi connectivity index (χ0n) is 11.6. The molecule has 0 unspecified atom stereocenters. The van der Waals surface area contributed by atoms with E-state index >= 15 is 0 Å². The summed E-state index contributed by atoms with van der Waals surface area (Å²) >= 11 is 0. The highest BCUT2D eigenvalue weighted by Crippen LogP contribution is 2.08. The van der Waals surface area contributed by atoms with Gasteiger partial charge in [0.15, 0.2) is 5.96 Å². The standard InChI is InChI=1S/C14H19N5O2/c15-14(16)17-7-6-10-12(20)19-11(13(21)18-10)8-9-4-2-1-3-5-9/h1-5,10-11H,6-8H2,(H,18,21)(H,19,20)(H4,15,16,17)/t10-,11-/m0/s1. The van der Waals surface area contributed by atoms with E-state index in [-0.39, 0.29) is 17.8 Å². The lowest BCUT2D eigenvalue weighted by Gasteiger charge is -2.29. The molecule has 2 amide bonds. The largest absolute Gasteiger partial charge is 0.370 e. The van der Waals surface area contributed by atoms with Crippen molar-refractivity contribution < 1.29 is 9.59 Å². The van der Waals surface area contributed by atoms with Gasteiger partial charge in [-0.05, 0) is 12.0 Å². The molecular weight excluding hydrogens is 270 g/mol. The van der Waals surface area contributed by atoms with Crippen molar-refractivity contribution in [2.24, 2.45) is 16.5 Å². The fourth-order valence-corrected chi connectivity index (χ4v) is 2.20. The molecule has 112 valence electrons. The number of benzene rings is 1. The van der Waals surface area contributed by atoms with E-state index < -0.39 is 12.1 Å². The van der Waals surface area contributed by atoms with Crippen molar-refractivity contribution >= 4 is 17.8 Å². The Morgan fingerprint density at radius 2 is 1.67 bits per heavy atom. The topological polar surface area (TPSA) is 123 Å². The smallest absolute Gasteiger partial charge is 0.243 e. The van der Waals surface area contributed by atoms with Gasteiger partial charge in [0.2, 0.25) is 11.8 Å². The van der Waals surface area contributed by atoms with Gasteiger partial charge >= 0.3 is 0 Å². The van der Waals surface area contributed by atoms with E-state index in [1.54, 1.807) is 0 Å². The van der Waals surface area contributed by atoms with Crippen LogP contribution >= 0.6 is 0 Å². The number of hydrogen-bond acceptors (Lipinski definition) is 3. The van der Waals surface area contributed by atoms with Gasteiger partial charge in [0.05, 0.1) is 0 Å². The number of nitrogens with two attached hydrogens (primary N) is 2. The first-order valence-electron chi connectivity index (χ1n) is 6.76. The fraction of sp³-hybridized carbons (Fsp3) is 0.357. The van der Waals surface area contributed by atoms with Gasteiger partial charge in [-0.3, -0.25) is 14.6 Å². The Morgan fingerprint density at radius 1 is 1.05 bits per heavy atom. The Kier molecular flexibility index (Phi) is 4.76. The Labute approximate surface area is 122 Å². The van der Waals surface area contributed by atoms with Crippen molar-refractivity contribution in [1.29, 1.82) is 0 Å². The van der Waals surface area contributed by atoms with Crippen molar-refractivity contribution in [2.45, 2.75) is 24.9 Å². The molecule has 0 saturated carbocycles. The van der Waals surface area contributed by atoms with Crippen LogP contribution in [0.4, 0.5) is 0 Å². The molecule has 1 saturated heterocycles. The lowest BCUT2D eigenvalue weighted by molar-refractivity contribution is -0.136. The minimum Gasteiger partial charge on any atom is -0.370 e. The molecule has 0 bridgehead atoms. The Balaban J connectivity index is 1.91. The molecule has 7 heteroatoms. The Morgan fingerprint density at radius 3 is 2.33 bits per heavy atom. The number of carbonyl (C=O) groups excluding carboxylic acids is 2. The molecule has 2 atom stereocenters. The molecular formula is C14H19N5O2. The highest BCUT2D eigenvalue weighted by molar-refractivity contribution is 5.97. The summed E-state index contributed by atoms with van der Waals surface area (Å²) in [6.45, 7) is 0.296. The van der Waals surface area contributed by atoms with Crippen LogP contribution in [0.1, 0.15) is 12.0 Å². The zero-order valence-corrected chi connectivity index (χ0v) is 11.6. The third-order valence-electron chi connectivity index (χ3n) is 3.26. The molecule has 1 aromatic rings. The van der Waals surface area contributed by atoms with Crippen LogP contribution < -0.4 is 22.1 Å². The number of hydrogen-bond donors (Lipinski definition) is 4. The second-order valence-corrected chi connectivity index (χ2v) is 4.91. The van der Waals surface area contributed by atoms with E-state index in [4.69, 9.17) is 11.5 Å². The summed E-state index contributed by atoms with van der Waals surface area (Å²) < 4.78 is 0. The van der Waals surface area contributed by atoms with E-state index in [0.29, 0.717) is 19.4 Å². The molecule has 6 N–H and O–H groups in total. The number of carbonyl (C=O) groups is 2. The summed E-state index contributed by atoms with van der Waals surface area (Å²) in [6, 6.07) is 8.41.